The number of halogens is 2. The maximum atomic E-state index is 14.1. The fourth-order valence-electron chi connectivity index (χ4n) is 3.55. The fourth-order valence-corrected chi connectivity index (χ4v) is 3.73. The normalized spacial score (nSPS) is 11.3. The summed E-state index contributed by atoms with van der Waals surface area (Å²) in [7, 11) is 0. The van der Waals surface area contributed by atoms with Gasteiger partial charge in [0.25, 0.3) is 5.56 Å². The van der Waals surface area contributed by atoms with Crippen LogP contribution in [0.25, 0.3) is 16.9 Å². The summed E-state index contributed by atoms with van der Waals surface area (Å²) in [6.45, 7) is 6.13. The van der Waals surface area contributed by atoms with E-state index in [9.17, 15) is 19.6 Å². The molecule has 0 amide bonds. The Balaban J connectivity index is 1.76. The number of ether oxygens (including phenoxy) is 1. The summed E-state index contributed by atoms with van der Waals surface area (Å²) >= 11 is 6.31. The van der Waals surface area contributed by atoms with Crippen molar-refractivity contribution in [2.75, 3.05) is 0 Å². The summed E-state index contributed by atoms with van der Waals surface area (Å²) in [5, 5.41) is 19.6. The lowest BCUT2D eigenvalue weighted by Crippen LogP contribution is -2.24. The van der Waals surface area contributed by atoms with Crippen molar-refractivity contribution in [3.05, 3.63) is 92.4 Å². The molecule has 0 atom stereocenters. The van der Waals surface area contributed by atoms with Crippen LogP contribution in [-0.2, 0) is 12.2 Å². The van der Waals surface area contributed by atoms with Gasteiger partial charge in [0.15, 0.2) is 10.8 Å². The SMILES string of the molecule is Cc1cnc(COc2nc(C)n(-c3cc(-c4ccnc(C(C)(C)O)n4)ccc3C#N)c(=O)c2Cl)c(F)c1. The Bertz CT molecular complexity index is 1610. The van der Waals surface area contributed by atoms with E-state index in [0.717, 1.165) is 0 Å². The smallest absolute Gasteiger partial charge is 0.280 e. The zero-order valence-corrected chi connectivity index (χ0v) is 21.2. The molecular formula is C26H22ClFN6O3. The summed E-state index contributed by atoms with van der Waals surface area (Å²) in [5.41, 5.74) is 0.255. The average molecular weight is 521 g/mol. The summed E-state index contributed by atoms with van der Waals surface area (Å²) in [6, 6.07) is 9.87. The van der Waals surface area contributed by atoms with Crippen LogP contribution in [0.5, 0.6) is 5.88 Å². The van der Waals surface area contributed by atoms with E-state index in [4.69, 9.17) is 16.3 Å². The van der Waals surface area contributed by atoms with Gasteiger partial charge in [0.05, 0.1) is 16.9 Å². The lowest BCUT2D eigenvalue weighted by molar-refractivity contribution is 0.0688. The predicted octanol–water partition coefficient (Wildman–Crippen LogP) is 4.17. The van der Waals surface area contributed by atoms with Crippen LogP contribution in [0.15, 0.2) is 47.5 Å². The standard InChI is InChI=1S/C26H22ClFN6O3/c1-14-9-18(28)20(31-12-14)13-37-23-22(27)24(35)34(15(2)32-23)21-10-16(5-6-17(21)11-29)19-7-8-30-25(33-19)26(3,4)36/h5-10,12,36H,13H2,1-4H3. The molecule has 0 saturated carbocycles. The Morgan fingerprint density at radius 3 is 2.62 bits per heavy atom. The van der Waals surface area contributed by atoms with Crippen molar-refractivity contribution >= 4 is 11.6 Å². The molecular weight excluding hydrogens is 499 g/mol. The highest BCUT2D eigenvalue weighted by Gasteiger charge is 2.22. The Hall–Kier alpha value is -4.20. The highest BCUT2D eigenvalue weighted by Crippen LogP contribution is 2.27. The van der Waals surface area contributed by atoms with Crippen molar-refractivity contribution in [3.63, 3.8) is 0 Å². The van der Waals surface area contributed by atoms with E-state index in [1.807, 2.05) is 0 Å². The first-order valence-corrected chi connectivity index (χ1v) is 11.5. The molecule has 1 N–H and O–H groups in total. The molecule has 0 unspecified atom stereocenters. The maximum absolute atomic E-state index is 14.1. The number of hydrogen-bond acceptors (Lipinski definition) is 8. The molecule has 0 aliphatic heterocycles. The van der Waals surface area contributed by atoms with E-state index in [2.05, 4.69) is 26.0 Å². The third kappa shape index (κ3) is 5.33. The van der Waals surface area contributed by atoms with Crippen LogP contribution in [0.4, 0.5) is 4.39 Å². The summed E-state index contributed by atoms with van der Waals surface area (Å²) in [5.74, 6) is -0.318. The van der Waals surface area contributed by atoms with E-state index < -0.39 is 17.0 Å². The molecule has 0 bridgehead atoms. The van der Waals surface area contributed by atoms with Crippen LogP contribution in [0.1, 0.15) is 42.3 Å². The predicted molar refractivity (Wildman–Crippen MR) is 134 cm³/mol. The first-order valence-electron chi connectivity index (χ1n) is 11.1. The molecule has 0 aliphatic rings. The Labute approximate surface area is 216 Å². The molecule has 0 radical (unpaired) electrons. The maximum Gasteiger partial charge on any atom is 0.280 e. The van der Waals surface area contributed by atoms with Crippen molar-refractivity contribution in [2.24, 2.45) is 0 Å². The third-order valence-corrected chi connectivity index (χ3v) is 5.75. The lowest BCUT2D eigenvalue weighted by Gasteiger charge is -2.17. The number of nitriles is 1. The molecule has 0 fully saturated rings. The van der Waals surface area contributed by atoms with E-state index in [-0.39, 0.29) is 46.1 Å². The minimum absolute atomic E-state index is 0.0417. The average Bonchev–Trinajstić information content (AvgIpc) is 2.86. The second-order valence-corrected chi connectivity index (χ2v) is 9.19. The van der Waals surface area contributed by atoms with E-state index in [1.165, 1.54) is 23.0 Å². The van der Waals surface area contributed by atoms with Gasteiger partial charge in [-0.25, -0.2) is 14.4 Å². The molecule has 9 nitrogen and oxygen atoms in total. The number of aryl methyl sites for hydroxylation is 2. The van der Waals surface area contributed by atoms with Gasteiger partial charge in [0.1, 0.15) is 35.6 Å². The third-order valence-electron chi connectivity index (χ3n) is 5.42. The first-order chi connectivity index (χ1) is 17.5. The van der Waals surface area contributed by atoms with Crippen molar-refractivity contribution < 1.29 is 14.2 Å². The van der Waals surface area contributed by atoms with Gasteiger partial charge in [-0.2, -0.15) is 10.2 Å². The summed E-state index contributed by atoms with van der Waals surface area (Å²) in [6.07, 6.45) is 3.01. The molecule has 0 aliphatic carbocycles. The van der Waals surface area contributed by atoms with Gasteiger partial charge >= 0.3 is 0 Å². The molecule has 3 heterocycles. The number of nitrogens with zero attached hydrogens (tertiary/aromatic N) is 6. The minimum Gasteiger partial charge on any atom is -0.470 e. The molecule has 188 valence electrons. The molecule has 4 aromatic rings. The second kappa shape index (κ2) is 10.0. The van der Waals surface area contributed by atoms with Crippen LogP contribution in [0.3, 0.4) is 0 Å². The van der Waals surface area contributed by atoms with Gasteiger partial charge < -0.3 is 9.84 Å². The molecule has 11 heteroatoms. The van der Waals surface area contributed by atoms with Crippen LogP contribution in [0.2, 0.25) is 5.02 Å². The molecule has 3 aromatic heterocycles. The van der Waals surface area contributed by atoms with Crippen LogP contribution >= 0.6 is 11.6 Å². The van der Waals surface area contributed by atoms with Gasteiger partial charge in [0, 0.05) is 18.0 Å². The van der Waals surface area contributed by atoms with Gasteiger partial charge in [-0.3, -0.25) is 14.3 Å². The van der Waals surface area contributed by atoms with Crippen LogP contribution in [-0.4, -0.2) is 29.6 Å². The van der Waals surface area contributed by atoms with Gasteiger partial charge in [-0.05, 0) is 57.5 Å². The quantitative estimate of drug-likeness (QED) is 0.401. The number of pyridine rings is 1. The molecule has 4 rings (SSSR count). The fraction of sp³-hybridized carbons (Fsp3) is 0.231. The number of hydrogen-bond donors (Lipinski definition) is 1. The van der Waals surface area contributed by atoms with Gasteiger partial charge in [-0.1, -0.05) is 17.7 Å². The molecule has 1 aromatic carbocycles. The van der Waals surface area contributed by atoms with Crippen molar-refractivity contribution in [3.8, 4) is 28.9 Å². The van der Waals surface area contributed by atoms with Gasteiger partial charge in [0.2, 0.25) is 5.88 Å². The Morgan fingerprint density at radius 2 is 1.95 bits per heavy atom. The molecule has 37 heavy (non-hydrogen) atoms. The highest BCUT2D eigenvalue weighted by molar-refractivity contribution is 6.31. The molecule has 0 spiro atoms. The number of rotatable bonds is 6. The Morgan fingerprint density at radius 1 is 1.19 bits per heavy atom. The zero-order valence-electron chi connectivity index (χ0n) is 20.5. The van der Waals surface area contributed by atoms with Crippen LogP contribution < -0.4 is 10.3 Å². The summed E-state index contributed by atoms with van der Waals surface area (Å²) in [4.78, 5) is 30.1. The Kier molecular flexibility index (Phi) is 7.03. The van der Waals surface area contributed by atoms with Gasteiger partial charge in [-0.15, -0.1) is 0 Å². The van der Waals surface area contributed by atoms with Crippen LogP contribution in [0, 0.1) is 31.0 Å². The first kappa shape index (κ1) is 25.9. The van der Waals surface area contributed by atoms with Crippen molar-refractivity contribution in [1.82, 2.24) is 24.5 Å². The number of benzene rings is 1. The lowest BCUT2D eigenvalue weighted by atomic mass is 10.1. The van der Waals surface area contributed by atoms with E-state index >= 15 is 0 Å². The monoisotopic (exact) mass is 520 g/mol. The number of aromatic nitrogens is 5. The summed E-state index contributed by atoms with van der Waals surface area (Å²) < 4.78 is 20.9. The minimum atomic E-state index is -1.26. The second-order valence-electron chi connectivity index (χ2n) is 8.82. The van der Waals surface area contributed by atoms with E-state index in [0.29, 0.717) is 16.8 Å². The topological polar surface area (TPSA) is 127 Å². The van der Waals surface area contributed by atoms with Crippen molar-refractivity contribution in [2.45, 2.75) is 39.9 Å². The molecule has 0 saturated heterocycles. The highest BCUT2D eigenvalue weighted by atomic mass is 35.5. The van der Waals surface area contributed by atoms with E-state index in [1.54, 1.807) is 52.0 Å². The number of aliphatic hydroxyl groups is 1. The zero-order chi connectivity index (χ0) is 26.9. The van der Waals surface area contributed by atoms with Crippen molar-refractivity contribution in [1.29, 1.82) is 5.26 Å². The largest absolute Gasteiger partial charge is 0.470 e.